The predicted molar refractivity (Wildman–Crippen MR) is 114 cm³/mol. The van der Waals surface area contributed by atoms with Gasteiger partial charge in [0.05, 0.1) is 6.26 Å². The lowest BCUT2D eigenvalue weighted by atomic mass is 9.87. The average molecular weight is 390 g/mol. The van der Waals surface area contributed by atoms with E-state index in [-0.39, 0.29) is 17.1 Å². The number of anilines is 1. The maximum absolute atomic E-state index is 12.9. The smallest absolute Gasteiger partial charge is 0.287 e. The monoisotopic (exact) mass is 390 g/mol. The molecule has 29 heavy (non-hydrogen) atoms. The average Bonchev–Trinajstić information content (AvgIpc) is 3.23. The van der Waals surface area contributed by atoms with Gasteiger partial charge in [-0.15, -0.1) is 0 Å². The summed E-state index contributed by atoms with van der Waals surface area (Å²) >= 11 is 0. The zero-order valence-electron chi connectivity index (χ0n) is 16.9. The van der Waals surface area contributed by atoms with Crippen molar-refractivity contribution in [3.05, 3.63) is 89.9 Å². The molecule has 0 aliphatic rings. The molecule has 1 unspecified atom stereocenters. The second-order valence-electron chi connectivity index (χ2n) is 8.01. The Balaban J connectivity index is 1.75. The van der Waals surface area contributed by atoms with E-state index in [0.717, 1.165) is 5.56 Å². The van der Waals surface area contributed by atoms with Crippen molar-refractivity contribution in [2.24, 2.45) is 0 Å². The number of benzene rings is 2. The molecule has 3 rings (SSSR count). The molecule has 5 nitrogen and oxygen atoms in total. The van der Waals surface area contributed by atoms with Gasteiger partial charge in [0.15, 0.2) is 5.76 Å². The van der Waals surface area contributed by atoms with Crippen LogP contribution in [0, 0.1) is 0 Å². The van der Waals surface area contributed by atoms with Gasteiger partial charge in [0.25, 0.3) is 5.91 Å². The van der Waals surface area contributed by atoms with Crippen molar-refractivity contribution in [2.75, 3.05) is 5.32 Å². The highest BCUT2D eigenvalue weighted by atomic mass is 16.3. The molecule has 2 amide bonds. The molecule has 0 saturated heterocycles. The second kappa shape index (κ2) is 8.78. The molecular formula is C24H26N2O3. The third kappa shape index (κ3) is 5.57. The van der Waals surface area contributed by atoms with Gasteiger partial charge in [0.2, 0.25) is 5.91 Å². The summed E-state index contributed by atoms with van der Waals surface area (Å²) in [6.45, 7) is 6.42. The number of rotatable bonds is 6. The molecule has 1 aromatic heterocycles. The predicted octanol–water partition coefficient (Wildman–Crippen LogP) is 4.56. The van der Waals surface area contributed by atoms with Crippen molar-refractivity contribution in [3.63, 3.8) is 0 Å². The van der Waals surface area contributed by atoms with E-state index in [2.05, 4.69) is 31.4 Å². The Bertz CT molecular complexity index is 940. The summed E-state index contributed by atoms with van der Waals surface area (Å²) in [4.78, 5) is 25.4. The maximum Gasteiger partial charge on any atom is 0.287 e. The van der Waals surface area contributed by atoms with Crippen LogP contribution in [0.25, 0.3) is 0 Å². The topological polar surface area (TPSA) is 71.3 Å². The van der Waals surface area contributed by atoms with Crippen LogP contribution in [-0.2, 0) is 16.6 Å². The first kappa shape index (κ1) is 20.4. The number of hydrogen-bond donors (Lipinski definition) is 2. The first-order valence-electron chi connectivity index (χ1n) is 9.62. The first-order chi connectivity index (χ1) is 13.8. The largest absolute Gasteiger partial charge is 0.459 e. The van der Waals surface area contributed by atoms with Gasteiger partial charge >= 0.3 is 0 Å². The van der Waals surface area contributed by atoms with E-state index in [1.807, 2.05) is 54.6 Å². The molecule has 150 valence electrons. The van der Waals surface area contributed by atoms with Crippen molar-refractivity contribution < 1.29 is 14.0 Å². The van der Waals surface area contributed by atoms with Crippen LogP contribution < -0.4 is 10.6 Å². The third-order valence-electron chi connectivity index (χ3n) is 4.67. The Hall–Kier alpha value is -3.34. The van der Waals surface area contributed by atoms with E-state index in [1.54, 1.807) is 12.1 Å². The third-order valence-corrected chi connectivity index (χ3v) is 4.67. The molecule has 1 atom stereocenters. The van der Waals surface area contributed by atoms with Gasteiger partial charge in [0.1, 0.15) is 6.04 Å². The van der Waals surface area contributed by atoms with Crippen molar-refractivity contribution in [1.82, 2.24) is 5.32 Å². The van der Waals surface area contributed by atoms with Gasteiger partial charge in [-0.2, -0.15) is 0 Å². The van der Waals surface area contributed by atoms with Gasteiger partial charge in [-0.1, -0.05) is 63.2 Å². The van der Waals surface area contributed by atoms with Crippen LogP contribution in [0.4, 0.5) is 5.69 Å². The van der Waals surface area contributed by atoms with Crippen LogP contribution in [0.15, 0.2) is 77.4 Å². The Labute approximate surface area is 171 Å². The summed E-state index contributed by atoms with van der Waals surface area (Å²) in [6, 6.07) is 19.8. The number of amides is 2. The number of carbonyl (C=O) groups excluding carboxylic acids is 2. The van der Waals surface area contributed by atoms with Crippen LogP contribution >= 0.6 is 0 Å². The molecule has 3 aromatic rings. The summed E-state index contributed by atoms with van der Waals surface area (Å²) in [5, 5.41) is 5.69. The van der Waals surface area contributed by atoms with Gasteiger partial charge in [-0.3, -0.25) is 9.59 Å². The lowest BCUT2D eigenvalue weighted by molar-refractivity contribution is -0.118. The molecule has 0 aliphatic carbocycles. The van der Waals surface area contributed by atoms with Crippen molar-refractivity contribution in [3.8, 4) is 0 Å². The van der Waals surface area contributed by atoms with Crippen molar-refractivity contribution in [2.45, 2.75) is 38.6 Å². The number of hydrogen-bond acceptors (Lipinski definition) is 3. The fourth-order valence-electron chi connectivity index (χ4n) is 2.98. The summed E-state index contributed by atoms with van der Waals surface area (Å²) < 4.78 is 5.15. The van der Waals surface area contributed by atoms with Crippen LogP contribution in [-0.4, -0.2) is 17.9 Å². The summed E-state index contributed by atoms with van der Waals surface area (Å²) in [5.41, 5.74) is 2.86. The van der Waals surface area contributed by atoms with E-state index < -0.39 is 11.9 Å². The minimum atomic E-state index is -0.739. The maximum atomic E-state index is 12.9. The zero-order chi connectivity index (χ0) is 20.9. The Morgan fingerprint density at radius 1 is 0.931 bits per heavy atom. The summed E-state index contributed by atoms with van der Waals surface area (Å²) in [6.07, 6.45) is 1.80. The molecule has 1 heterocycles. The highest BCUT2D eigenvalue weighted by molar-refractivity contribution is 6.00. The molecule has 0 saturated carbocycles. The SMILES string of the molecule is CC(C)(C)c1ccc(NC(=O)C(Cc2ccccc2)NC(=O)c2ccco2)cc1. The lowest BCUT2D eigenvalue weighted by Gasteiger charge is -2.20. The minimum Gasteiger partial charge on any atom is -0.459 e. The lowest BCUT2D eigenvalue weighted by Crippen LogP contribution is -2.45. The van der Waals surface area contributed by atoms with Crippen LogP contribution in [0.3, 0.4) is 0 Å². The van der Waals surface area contributed by atoms with Gasteiger partial charge in [-0.05, 0) is 40.8 Å². The fourth-order valence-corrected chi connectivity index (χ4v) is 2.98. The molecule has 2 aromatic carbocycles. The Kier molecular flexibility index (Phi) is 6.17. The van der Waals surface area contributed by atoms with Crippen LogP contribution in [0.5, 0.6) is 0 Å². The quantitative estimate of drug-likeness (QED) is 0.648. The van der Waals surface area contributed by atoms with Gasteiger partial charge in [0, 0.05) is 12.1 Å². The van der Waals surface area contributed by atoms with Gasteiger partial charge < -0.3 is 15.1 Å². The molecule has 0 fully saturated rings. The van der Waals surface area contributed by atoms with E-state index in [4.69, 9.17) is 4.42 Å². The Morgan fingerprint density at radius 3 is 2.21 bits per heavy atom. The molecule has 5 heteroatoms. The molecule has 0 bridgehead atoms. The molecule has 0 spiro atoms. The normalized spacial score (nSPS) is 12.2. The second-order valence-corrected chi connectivity index (χ2v) is 8.01. The highest BCUT2D eigenvalue weighted by Crippen LogP contribution is 2.23. The number of furan rings is 1. The van der Waals surface area contributed by atoms with Gasteiger partial charge in [-0.25, -0.2) is 0 Å². The van der Waals surface area contributed by atoms with Crippen LogP contribution in [0.1, 0.15) is 42.5 Å². The zero-order valence-corrected chi connectivity index (χ0v) is 16.9. The molecule has 0 aliphatic heterocycles. The van der Waals surface area contributed by atoms with E-state index in [9.17, 15) is 9.59 Å². The minimum absolute atomic E-state index is 0.0371. The van der Waals surface area contributed by atoms with Crippen LogP contribution in [0.2, 0.25) is 0 Å². The van der Waals surface area contributed by atoms with Crippen molar-refractivity contribution in [1.29, 1.82) is 0 Å². The summed E-state index contributed by atoms with van der Waals surface area (Å²) in [7, 11) is 0. The van der Waals surface area contributed by atoms with E-state index in [0.29, 0.717) is 12.1 Å². The van der Waals surface area contributed by atoms with Crippen molar-refractivity contribution >= 4 is 17.5 Å². The first-order valence-corrected chi connectivity index (χ1v) is 9.62. The Morgan fingerprint density at radius 2 is 1.62 bits per heavy atom. The molecular weight excluding hydrogens is 364 g/mol. The standard InChI is InChI=1S/C24H26N2O3/c1-24(2,3)18-11-13-19(14-12-18)25-22(27)20(16-17-8-5-4-6-9-17)26-23(28)21-10-7-15-29-21/h4-15,20H,16H2,1-3H3,(H,25,27)(H,26,28). The van der Waals surface area contributed by atoms with E-state index in [1.165, 1.54) is 11.8 Å². The highest BCUT2D eigenvalue weighted by Gasteiger charge is 2.23. The summed E-state index contributed by atoms with van der Waals surface area (Å²) in [5.74, 6) is -0.531. The number of nitrogens with one attached hydrogen (secondary N) is 2. The molecule has 2 N–H and O–H groups in total. The van der Waals surface area contributed by atoms with E-state index >= 15 is 0 Å². The fraction of sp³-hybridized carbons (Fsp3) is 0.250. The molecule has 0 radical (unpaired) electrons. The number of carbonyl (C=O) groups is 2.